The molecule has 1 saturated carbocycles. The lowest BCUT2D eigenvalue weighted by atomic mass is 9.96. The number of aromatic nitrogens is 1. The fraction of sp³-hybridized carbons (Fsp3) is 0.250. The summed E-state index contributed by atoms with van der Waals surface area (Å²) in [4.78, 5) is 31.0. The summed E-state index contributed by atoms with van der Waals surface area (Å²) in [6.45, 7) is 2.41. The number of amides is 2. The van der Waals surface area contributed by atoms with Gasteiger partial charge in [0.05, 0.1) is 23.7 Å². The van der Waals surface area contributed by atoms with Gasteiger partial charge in [-0.15, -0.1) is 0 Å². The number of benzene rings is 3. The lowest BCUT2D eigenvalue weighted by Crippen LogP contribution is -2.48. The van der Waals surface area contributed by atoms with Crippen LogP contribution in [0.4, 0.5) is 5.69 Å². The Morgan fingerprint density at radius 2 is 1.66 bits per heavy atom. The molecule has 1 aliphatic heterocycles. The van der Waals surface area contributed by atoms with Crippen molar-refractivity contribution < 1.29 is 14.3 Å². The highest BCUT2D eigenvalue weighted by molar-refractivity contribution is 6.00. The molecular formula is C32H31N3O3. The van der Waals surface area contributed by atoms with E-state index in [1.807, 2.05) is 77.8 Å². The molecule has 0 bridgehead atoms. The Labute approximate surface area is 223 Å². The normalized spacial score (nSPS) is 16.0. The van der Waals surface area contributed by atoms with Gasteiger partial charge in [-0.2, -0.15) is 0 Å². The summed E-state index contributed by atoms with van der Waals surface area (Å²) < 4.78 is 7.90. The van der Waals surface area contributed by atoms with Crippen LogP contribution in [-0.2, 0) is 20.9 Å². The van der Waals surface area contributed by atoms with E-state index in [9.17, 15) is 9.59 Å². The van der Waals surface area contributed by atoms with Crippen LogP contribution in [0.15, 0.2) is 97.2 Å². The van der Waals surface area contributed by atoms with Crippen molar-refractivity contribution in [2.24, 2.45) is 0 Å². The number of carbonyl (C=O) groups excluding carboxylic acids is 2. The minimum Gasteiger partial charge on any atom is -0.367 e. The number of anilines is 1. The number of rotatable bonds is 8. The number of aryl methyl sites for hydroxylation is 1. The first-order valence-corrected chi connectivity index (χ1v) is 13.2. The van der Waals surface area contributed by atoms with Crippen molar-refractivity contribution in [2.75, 3.05) is 18.1 Å². The maximum atomic E-state index is 14.2. The Morgan fingerprint density at radius 1 is 0.895 bits per heavy atom. The van der Waals surface area contributed by atoms with Crippen LogP contribution in [0.1, 0.15) is 41.3 Å². The van der Waals surface area contributed by atoms with E-state index < -0.39 is 0 Å². The quantitative estimate of drug-likeness (QED) is 0.321. The van der Waals surface area contributed by atoms with E-state index in [0.717, 1.165) is 46.6 Å². The van der Waals surface area contributed by atoms with Crippen LogP contribution in [0.3, 0.4) is 0 Å². The highest BCUT2D eigenvalue weighted by Crippen LogP contribution is 2.42. The first kappa shape index (κ1) is 24.2. The van der Waals surface area contributed by atoms with Gasteiger partial charge in [0.2, 0.25) is 11.8 Å². The van der Waals surface area contributed by atoms with Gasteiger partial charge in [0.25, 0.3) is 0 Å². The zero-order valence-electron chi connectivity index (χ0n) is 21.5. The average Bonchev–Trinajstić information content (AvgIpc) is 3.66. The molecule has 2 aliphatic rings. The van der Waals surface area contributed by atoms with E-state index in [1.54, 1.807) is 4.90 Å². The predicted octanol–water partition coefficient (Wildman–Crippen LogP) is 5.43. The predicted molar refractivity (Wildman–Crippen MR) is 147 cm³/mol. The molecule has 6 nitrogen and oxygen atoms in total. The second kappa shape index (κ2) is 10.3. The third-order valence-electron chi connectivity index (χ3n) is 7.30. The monoisotopic (exact) mass is 505 g/mol. The largest absolute Gasteiger partial charge is 0.367 e. The number of hydrogen-bond donors (Lipinski definition) is 0. The van der Waals surface area contributed by atoms with Gasteiger partial charge < -0.3 is 14.2 Å². The molecular weight excluding hydrogens is 474 g/mol. The zero-order valence-corrected chi connectivity index (χ0v) is 21.5. The molecule has 1 unspecified atom stereocenters. The lowest BCUT2D eigenvalue weighted by Gasteiger charge is -2.39. The van der Waals surface area contributed by atoms with E-state index in [1.165, 1.54) is 0 Å². The second-order valence-electron chi connectivity index (χ2n) is 10.1. The molecule has 1 aromatic heterocycles. The Bertz CT molecular complexity index is 1460. The fourth-order valence-electron chi connectivity index (χ4n) is 5.36. The number of ether oxygens (including phenoxy) is 1. The molecule has 0 radical (unpaired) electrons. The van der Waals surface area contributed by atoms with E-state index >= 15 is 0 Å². The summed E-state index contributed by atoms with van der Waals surface area (Å²) in [5, 5.41) is 0. The first-order valence-electron chi connectivity index (χ1n) is 13.2. The SMILES string of the molecule is Cc1cccc(C2c3cccn3-c3ccccc3N2C(=O)CN(C(=O)COCc2ccccc2)C2CC2)c1. The van der Waals surface area contributed by atoms with Crippen LogP contribution >= 0.6 is 0 Å². The maximum absolute atomic E-state index is 14.2. The van der Waals surface area contributed by atoms with Gasteiger partial charge in [0, 0.05) is 12.2 Å². The summed E-state index contributed by atoms with van der Waals surface area (Å²) >= 11 is 0. The van der Waals surface area contributed by atoms with Gasteiger partial charge in [-0.3, -0.25) is 14.5 Å². The summed E-state index contributed by atoms with van der Waals surface area (Å²) in [5.41, 5.74) is 6.03. The van der Waals surface area contributed by atoms with Crippen molar-refractivity contribution in [1.29, 1.82) is 0 Å². The van der Waals surface area contributed by atoms with Crippen molar-refractivity contribution in [2.45, 2.75) is 38.5 Å². The lowest BCUT2D eigenvalue weighted by molar-refractivity contribution is -0.140. The van der Waals surface area contributed by atoms with E-state index in [-0.39, 0.29) is 37.0 Å². The van der Waals surface area contributed by atoms with Crippen molar-refractivity contribution in [1.82, 2.24) is 9.47 Å². The molecule has 0 spiro atoms. The fourth-order valence-corrected chi connectivity index (χ4v) is 5.36. The molecule has 2 amide bonds. The average molecular weight is 506 g/mol. The van der Waals surface area contributed by atoms with Crippen LogP contribution in [0.2, 0.25) is 0 Å². The highest BCUT2D eigenvalue weighted by Gasteiger charge is 2.39. The molecule has 38 heavy (non-hydrogen) atoms. The standard InChI is InChI=1S/C32H31N3O3/c1-23-9-7-12-25(19-23)32-29-15-8-18-33(29)27-13-5-6-14-28(27)35(32)30(36)20-34(26-16-17-26)31(37)22-38-21-24-10-3-2-4-11-24/h2-15,18-19,26,32H,16-17,20-22H2,1H3. The number of nitrogens with zero attached hydrogens (tertiary/aromatic N) is 3. The smallest absolute Gasteiger partial charge is 0.249 e. The molecule has 1 aliphatic carbocycles. The van der Waals surface area contributed by atoms with Crippen molar-refractivity contribution >= 4 is 17.5 Å². The molecule has 192 valence electrons. The molecule has 0 N–H and O–H groups in total. The van der Waals surface area contributed by atoms with Gasteiger partial charge in [-0.25, -0.2) is 0 Å². The molecule has 1 fully saturated rings. The van der Waals surface area contributed by atoms with Crippen LogP contribution in [0.25, 0.3) is 5.69 Å². The summed E-state index contributed by atoms with van der Waals surface area (Å²) in [5.74, 6) is -0.239. The third-order valence-corrected chi connectivity index (χ3v) is 7.30. The van der Waals surface area contributed by atoms with E-state index in [0.29, 0.717) is 6.61 Å². The van der Waals surface area contributed by atoms with Gasteiger partial charge in [-0.1, -0.05) is 72.3 Å². The number of hydrogen-bond acceptors (Lipinski definition) is 3. The Kier molecular flexibility index (Phi) is 6.56. The van der Waals surface area contributed by atoms with Gasteiger partial charge in [0.1, 0.15) is 19.2 Å². The van der Waals surface area contributed by atoms with Crippen LogP contribution in [0.5, 0.6) is 0 Å². The Balaban J connectivity index is 1.28. The molecule has 2 heterocycles. The highest BCUT2D eigenvalue weighted by atomic mass is 16.5. The van der Waals surface area contributed by atoms with Gasteiger partial charge in [0.15, 0.2) is 0 Å². The summed E-state index contributed by atoms with van der Waals surface area (Å²) in [7, 11) is 0. The molecule has 0 saturated heterocycles. The van der Waals surface area contributed by atoms with Crippen LogP contribution in [-0.4, -0.2) is 40.5 Å². The van der Waals surface area contributed by atoms with Crippen molar-refractivity contribution in [3.63, 3.8) is 0 Å². The number of carbonyl (C=O) groups is 2. The topological polar surface area (TPSA) is 54.8 Å². The van der Waals surface area contributed by atoms with Crippen molar-refractivity contribution in [3.8, 4) is 5.69 Å². The molecule has 6 rings (SSSR count). The zero-order chi connectivity index (χ0) is 26.1. The maximum Gasteiger partial charge on any atom is 0.249 e. The van der Waals surface area contributed by atoms with E-state index in [2.05, 4.69) is 35.8 Å². The number of para-hydroxylation sites is 2. The molecule has 4 aromatic rings. The molecule has 6 heteroatoms. The molecule has 3 aromatic carbocycles. The summed E-state index contributed by atoms with van der Waals surface area (Å²) in [6.07, 6.45) is 3.87. The number of fused-ring (bicyclic) bond motifs is 3. The van der Waals surface area contributed by atoms with Gasteiger partial charge >= 0.3 is 0 Å². The second-order valence-corrected chi connectivity index (χ2v) is 10.1. The van der Waals surface area contributed by atoms with E-state index in [4.69, 9.17) is 4.74 Å². The van der Waals surface area contributed by atoms with Gasteiger partial charge in [-0.05, 0) is 55.2 Å². The minimum absolute atomic E-state index is 0.0234. The van der Waals surface area contributed by atoms with Crippen molar-refractivity contribution in [3.05, 3.63) is 120 Å². The van der Waals surface area contributed by atoms with Crippen LogP contribution in [0, 0.1) is 6.92 Å². The Morgan fingerprint density at radius 3 is 2.42 bits per heavy atom. The third kappa shape index (κ3) is 4.75. The van der Waals surface area contributed by atoms with Crippen LogP contribution < -0.4 is 4.90 Å². The Hall–Kier alpha value is -4.16. The summed E-state index contributed by atoms with van der Waals surface area (Å²) in [6, 6.07) is 30.0. The minimum atomic E-state index is -0.294. The first-order chi connectivity index (χ1) is 18.6. The molecule has 1 atom stereocenters.